The molecule has 0 aromatic heterocycles. The maximum atomic E-state index is 13.0. The van der Waals surface area contributed by atoms with Crippen LogP contribution in [0.25, 0.3) is 0 Å². The van der Waals surface area contributed by atoms with Gasteiger partial charge in [0.15, 0.2) is 12.2 Å². The molecule has 0 saturated carbocycles. The first kappa shape index (κ1) is 46.2. The third-order valence-corrected chi connectivity index (χ3v) is 9.70. The maximum Gasteiger partial charge on any atom is 0.343 e. The first-order valence-corrected chi connectivity index (χ1v) is 20.4. The van der Waals surface area contributed by atoms with Gasteiger partial charge in [-0.15, -0.1) is 0 Å². The van der Waals surface area contributed by atoms with Gasteiger partial charge in [-0.05, 0) is 123 Å². The monoisotopic (exact) mass is 878 g/mol. The number of unbranched alkanes of at least 4 members (excludes halogenated alkanes) is 2. The fourth-order valence-corrected chi connectivity index (χ4v) is 6.32. The predicted octanol–water partition coefficient (Wildman–Crippen LogP) is 6.45. The van der Waals surface area contributed by atoms with Crippen LogP contribution in [-0.2, 0) is 38.0 Å². The second-order valence-corrected chi connectivity index (χ2v) is 14.2. The minimum absolute atomic E-state index is 0.0221. The quantitative estimate of drug-likeness (QED) is 0.0274. The summed E-state index contributed by atoms with van der Waals surface area (Å²) in [5.41, 5.74) is 0.999. The van der Waals surface area contributed by atoms with Crippen LogP contribution in [-0.4, -0.2) is 99.9 Å². The second kappa shape index (κ2) is 23.2. The van der Waals surface area contributed by atoms with Crippen LogP contribution in [0.5, 0.6) is 23.0 Å². The lowest BCUT2D eigenvalue weighted by Gasteiger charge is -2.17. The highest BCUT2D eigenvalue weighted by Gasteiger charge is 2.51. The van der Waals surface area contributed by atoms with Gasteiger partial charge in [-0.25, -0.2) is 28.8 Å². The predicted molar refractivity (Wildman–Crippen MR) is 225 cm³/mol. The summed E-state index contributed by atoms with van der Waals surface area (Å²) in [4.78, 5) is 73.7. The Labute approximate surface area is 368 Å². The molecule has 4 aromatic rings. The molecule has 4 atom stereocenters. The molecule has 16 nitrogen and oxygen atoms in total. The molecule has 2 aliphatic rings. The third-order valence-electron chi connectivity index (χ3n) is 9.70. The molecule has 334 valence electrons. The second-order valence-electron chi connectivity index (χ2n) is 14.2. The van der Waals surface area contributed by atoms with Crippen molar-refractivity contribution in [3.05, 3.63) is 145 Å². The zero-order valence-electron chi connectivity index (χ0n) is 34.7. The van der Waals surface area contributed by atoms with Crippen molar-refractivity contribution in [1.82, 2.24) is 0 Å². The van der Waals surface area contributed by atoms with E-state index in [4.69, 9.17) is 47.4 Å². The molecule has 0 amide bonds. The van der Waals surface area contributed by atoms with Gasteiger partial charge in [0.25, 0.3) is 0 Å². The van der Waals surface area contributed by atoms with Crippen molar-refractivity contribution in [2.75, 3.05) is 39.6 Å². The average Bonchev–Trinajstić information content (AvgIpc) is 3.91. The van der Waals surface area contributed by atoms with E-state index < -0.39 is 60.2 Å². The lowest BCUT2D eigenvalue weighted by molar-refractivity contribution is -0.138. The molecule has 2 aliphatic heterocycles. The molecule has 2 unspecified atom stereocenters. The number of esters is 6. The van der Waals surface area contributed by atoms with Gasteiger partial charge in [0, 0.05) is 12.2 Å². The number of carbonyl (C=O) groups is 6. The van der Waals surface area contributed by atoms with Crippen molar-refractivity contribution in [1.29, 1.82) is 0 Å². The molecule has 0 spiro atoms. The summed E-state index contributed by atoms with van der Waals surface area (Å²) in [7, 11) is 0. The Kier molecular flexibility index (Phi) is 16.8. The fourth-order valence-electron chi connectivity index (χ4n) is 6.32. The molecule has 64 heavy (non-hydrogen) atoms. The van der Waals surface area contributed by atoms with E-state index in [-0.39, 0.29) is 49.1 Å². The van der Waals surface area contributed by atoms with Crippen molar-refractivity contribution in [2.45, 2.75) is 50.1 Å². The summed E-state index contributed by atoms with van der Waals surface area (Å²) in [6, 6.07) is 24.6. The number of hydrogen-bond acceptors (Lipinski definition) is 16. The highest BCUT2D eigenvalue weighted by molar-refractivity contribution is 5.93. The van der Waals surface area contributed by atoms with E-state index in [1.54, 1.807) is 48.5 Å². The van der Waals surface area contributed by atoms with Crippen LogP contribution in [0.4, 0.5) is 0 Å². The largest absolute Gasteiger partial charge is 0.494 e. The van der Waals surface area contributed by atoms with Crippen LogP contribution in [0, 0.1) is 0 Å². The SMILES string of the molecule is C=CC(=O)OCCCCOc1ccc(C(=O)Oc2ccc(C(=O)O[C@H]3COC4C3OC[C@H]4OC(=O)c3ccc(OC(=O)c4ccc(OCCCCOC(=O)C=C)cc4)cc3)cc2)cc1. The zero-order valence-corrected chi connectivity index (χ0v) is 34.7. The van der Waals surface area contributed by atoms with Crippen LogP contribution in [0.2, 0.25) is 0 Å². The summed E-state index contributed by atoms with van der Waals surface area (Å²) in [5, 5.41) is 0. The van der Waals surface area contributed by atoms with Crippen LogP contribution in [0.3, 0.4) is 0 Å². The maximum absolute atomic E-state index is 13.0. The Morgan fingerprint density at radius 2 is 0.766 bits per heavy atom. The van der Waals surface area contributed by atoms with Gasteiger partial charge < -0.3 is 47.4 Å². The van der Waals surface area contributed by atoms with Crippen LogP contribution in [0.15, 0.2) is 122 Å². The van der Waals surface area contributed by atoms with Gasteiger partial charge >= 0.3 is 35.8 Å². The summed E-state index contributed by atoms with van der Waals surface area (Å²) in [5.74, 6) is -1.88. The smallest absolute Gasteiger partial charge is 0.343 e. The number of carbonyl (C=O) groups excluding carboxylic acids is 6. The molecule has 0 N–H and O–H groups in total. The fraction of sp³-hybridized carbons (Fsp3) is 0.292. The van der Waals surface area contributed by atoms with E-state index in [0.29, 0.717) is 61.5 Å². The van der Waals surface area contributed by atoms with Gasteiger partial charge in [-0.1, -0.05) is 13.2 Å². The number of ether oxygens (including phenoxy) is 10. The van der Waals surface area contributed by atoms with Gasteiger partial charge in [0.2, 0.25) is 0 Å². The number of hydrogen-bond donors (Lipinski definition) is 0. The van der Waals surface area contributed by atoms with Gasteiger partial charge in [-0.2, -0.15) is 0 Å². The molecular formula is C48H46O16. The molecule has 2 saturated heterocycles. The standard InChI is InChI=1S/C48H46O16/c1-3-41(49)57-27-7-5-25-55-35-17-9-31(10-18-35)45(51)61-37-21-13-33(14-22-37)47(53)63-39-29-59-44-40(30-60-43(39)44)64-48(54)34-15-23-38(24-16-34)62-46(52)32-11-19-36(20-12-32)56-26-6-8-28-58-42(50)4-2/h3-4,9-24,39-40,43-44H,1-2,5-8,25-30H2/t39-,40+,43?,44?. The van der Waals surface area contributed by atoms with E-state index in [1.807, 2.05) is 0 Å². The number of rotatable bonds is 22. The first-order valence-electron chi connectivity index (χ1n) is 20.4. The number of benzene rings is 4. The Hall–Kier alpha value is -7.30. The summed E-state index contributed by atoms with van der Waals surface area (Å²) < 4.78 is 55.2. The minimum atomic E-state index is -0.766. The summed E-state index contributed by atoms with van der Waals surface area (Å²) in [6.45, 7) is 8.10. The summed E-state index contributed by atoms with van der Waals surface area (Å²) in [6.07, 6.45) is 1.95. The topological polar surface area (TPSA) is 195 Å². The molecule has 0 bridgehead atoms. The lowest BCUT2D eigenvalue weighted by Crippen LogP contribution is -2.36. The molecule has 4 aromatic carbocycles. The van der Waals surface area contributed by atoms with E-state index in [1.165, 1.54) is 48.5 Å². The minimum Gasteiger partial charge on any atom is -0.494 e. The van der Waals surface area contributed by atoms with Gasteiger partial charge in [0.05, 0.1) is 61.9 Å². The van der Waals surface area contributed by atoms with Crippen molar-refractivity contribution in [3.63, 3.8) is 0 Å². The van der Waals surface area contributed by atoms with Crippen LogP contribution >= 0.6 is 0 Å². The van der Waals surface area contributed by atoms with Crippen molar-refractivity contribution in [3.8, 4) is 23.0 Å². The summed E-state index contributed by atoms with van der Waals surface area (Å²) >= 11 is 0. The van der Waals surface area contributed by atoms with Gasteiger partial charge in [0.1, 0.15) is 35.2 Å². The number of fused-ring (bicyclic) bond motifs is 1. The lowest BCUT2D eigenvalue weighted by atomic mass is 10.1. The molecule has 16 heteroatoms. The van der Waals surface area contributed by atoms with Crippen LogP contribution < -0.4 is 18.9 Å². The Morgan fingerprint density at radius 1 is 0.453 bits per heavy atom. The highest BCUT2D eigenvalue weighted by Crippen LogP contribution is 2.32. The van der Waals surface area contributed by atoms with Gasteiger partial charge in [-0.3, -0.25) is 0 Å². The normalized spacial score (nSPS) is 17.2. The zero-order chi connectivity index (χ0) is 45.3. The van der Waals surface area contributed by atoms with Crippen molar-refractivity contribution in [2.24, 2.45) is 0 Å². The van der Waals surface area contributed by atoms with E-state index in [2.05, 4.69) is 13.2 Å². The third kappa shape index (κ3) is 13.3. The molecule has 0 aliphatic carbocycles. The molecule has 2 fully saturated rings. The molecular weight excluding hydrogens is 833 g/mol. The first-order chi connectivity index (χ1) is 31.1. The molecule has 2 heterocycles. The average molecular weight is 879 g/mol. The van der Waals surface area contributed by atoms with Crippen molar-refractivity contribution < 1.29 is 76.1 Å². The van der Waals surface area contributed by atoms with E-state index in [0.717, 1.165) is 12.2 Å². The Morgan fingerprint density at radius 3 is 1.11 bits per heavy atom. The van der Waals surface area contributed by atoms with Crippen molar-refractivity contribution >= 4 is 35.8 Å². The van der Waals surface area contributed by atoms with Crippen LogP contribution in [0.1, 0.15) is 67.1 Å². The van der Waals surface area contributed by atoms with E-state index >= 15 is 0 Å². The Balaban J connectivity index is 0.888. The molecule has 6 rings (SSSR count). The molecule has 0 radical (unpaired) electrons. The Bertz CT molecular complexity index is 2090. The van der Waals surface area contributed by atoms with E-state index in [9.17, 15) is 28.8 Å². The highest BCUT2D eigenvalue weighted by atomic mass is 16.7.